The van der Waals surface area contributed by atoms with Crippen molar-refractivity contribution in [2.45, 2.75) is 26.3 Å². The summed E-state index contributed by atoms with van der Waals surface area (Å²) in [5, 5.41) is 5.72. The van der Waals surface area contributed by atoms with Crippen molar-refractivity contribution in [3.05, 3.63) is 35.4 Å². The topological polar surface area (TPSA) is 93.5 Å². The van der Waals surface area contributed by atoms with E-state index in [1.807, 2.05) is 19.1 Å². The van der Waals surface area contributed by atoms with Gasteiger partial charge < -0.3 is 21.1 Å². The van der Waals surface area contributed by atoms with Crippen LogP contribution in [0.3, 0.4) is 0 Å². The molecule has 0 spiro atoms. The number of rotatable bonds is 6. The number of halogens is 1. The van der Waals surface area contributed by atoms with Gasteiger partial charge in [-0.2, -0.15) is 0 Å². The van der Waals surface area contributed by atoms with Crippen LogP contribution in [0.25, 0.3) is 0 Å². The summed E-state index contributed by atoms with van der Waals surface area (Å²) in [6.07, 6.45) is 1.29. The molecule has 4 N–H and O–H groups in total. The molecule has 6 nitrogen and oxygen atoms in total. The van der Waals surface area contributed by atoms with Gasteiger partial charge in [-0.3, -0.25) is 9.59 Å². The minimum absolute atomic E-state index is 0. The molecule has 0 bridgehead atoms. The maximum absolute atomic E-state index is 12.5. The molecule has 1 fully saturated rings. The molecule has 134 valence electrons. The van der Waals surface area contributed by atoms with Crippen molar-refractivity contribution >= 4 is 24.2 Å². The SMILES string of the molecule is CCNC(=O)c1cccc(CNC(=O)C2(CN)CCOCC2)c1.Cl. The molecule has 0 unspecified atom stereocenters. The Morgan fingerprint density at radius 2 is 1.96 bits per heavy atom. The number of hydrogen-bond donors (Lipinski definition) is 3. The lowest BCUT2D eigenvalue weighted by atomic mass is 9.79. The van der Waals surface area contributed by atoms with E-state index in [-0.39, 0.29) is 24.2 Å². The Bertz CT molecular complexity index is 560. The van der Waals surface area contributed by atoms with E-state index >= 15 is 0 Å². The molecule has 1 aromatic carbocycles. The van der Waals surface area contributed by atoms with Gasteiger partial charge in [0.1, 0.15) is 0 Å². The van der Waals surface area contributed by atoms with Crippen LogP contribution in [0.4, 0.5) is 0 Å². The first-order valence-electron chi connectivity index (χ1n) is 8.04. The predicted molar refractivity (Wildman–Crippen MR) is 95.1 cm³/mol. The van der Waals surface area contributed by atoms with Crippen molar-refractivity contribution in [3.63, 3.8) is 0 Å². The Hall–Kier alpha value is -1.63. The Kier molecular flexibility index (Phi) is 8.18. The predicted octanol–water partition coefficient (Wildman–Crippen LogP) is 1.23. The van der Waals surface area contributed by atoms with Gasteiger partial charge in [-0.15, -0.1) is 12.4 Å². The van der Waals surface area contributed by atoms with E-state index in [1.54, 1.807) is 12.1 Å². The van der Waals surface area contributed by atoms with Crippen LogP contribution in [0.2, 0.25) is 0 Å². The van der Waals surface area contributed by atoms with Crippen LogP contribution in [0.15, 0.2) is 24.3 Å². The zero-order chi connectivity index (χ0) is 16.7. The monoisotopic (exact) mass is 355 g/mol. The number of hydrogen-bond acceptors (Lipinski definition) is 4. The highest BCUT2D eigenvalue weighted by molar-refractivity contribution is 5.94. The van der Waals surface area contributed by atoms with Crippen LogP contribution in [0, 0.1) is 5.41 Å². The summed E-state index contributed by atoms with van der Waals surface area (Å²) in [7, 11) is 0. The zero-order valence-corrected chi connectivity index (χ0v) is 14.8. The largest absolute Gasteiger partial charge is 0.381 e. The van der Waals surface area contributed by atoms with Crippen molar-refractivity contribution in [2.24, 2.45) is 11.1 Å². The molecular weight excluding hydrogens is 330 g/mol. The first kappa shape index (κ1) is 20.4. The molecule has 2 rings (SSSR count). The fourth-order valence-corrected chi connectivity index (χ4v) is 2.74. The van der Waals surface area contributed by atoms with Gasteiger partial charge in [0.05, 0.1) is 5.41 Å². The molecule has 0 saturated carbocycles. The normalized spacial score (nSPS) is 15.9. The molecule has 1 saturated heterocycles. The summed E-state index contributed by atoms with van der Waals surface area (Å²) in [5.41, 5.74) is 6.79. The molecule has 1 aliphatic rings. The molecule has 7 heteroatoms. The van der Waals surface area contributed by atoms with E-state index in [2.05, 4.69) is 10.6 Å². The molecule has 0 atom stereocenters. The third kappa shape index (κ3) is 4.93. The first-order valence-corrected chi connectivity index (χ1v) is 8.04. The summed E-state index contributed by atoms with van der Waals surface area (Å²) in [6, 6.07) is 7.27. The number of carbonyl (C=O) groups is 2. The number of benzene rings is 1. The zero-order valence-electron chi connectivity index (χ0n) is 14.0. The molecule has 2 amide bonds. The quantitative estimate of drug-likeness (QED) is 0.715. The van der Waals surface area contributed by atoms with Gasteiger partial charge in [0.15, 0.2) is 0 Å². The van der Waals surface area contributed by atoms with E-state index in [1.165, 1.54) is 0 Å². The minimum Gasteiger partial charge on any atom is -0.381 e. The number of ether oxygens (including phenoxy) is 1. The van der Waals surface area contributed by atoms with Crippen molar-refractivity contribution < 1.29 is 14.3 Å². The molecular formula is C17H26ClN3O3. The standard InChI is InChI=1S/C17H25N3O3.ClH/c1-2-19-15(21)14-5-3-4-13(10-14)11-20-16(22)17(12-18)6-8-23-9-7-17;/h3-5,10H,2,6-9,11-12,18H2,1H3,(H,19,21)(H,20,22);1H. The molecule has 1 aliphatic heterocycles. The van der Waals surface area contributed by atoms with Gasteiger partial charge in [-0.25, -0.2) is 0 Å². The van der Waals surface area contributed by atoms with Crippen LogP contribution in [0.5, 0.6) is 0 Å². The second-order valence-corrected chi connectivity index (χ2v) is 5.84. The van der Waals surface area contributed by atoms with Gasteiger partial charge >= 0.3 is 0 Å². The van der Waals surface area contributed by atoms with Crippen LogP contribution in [-0.2, 0) is 16.1 Å². The Morgan fingerprint density at radius 1 is 1.25 bits per heavy atom. The number of nitrogens with two attached hydrogens (primary N) is 1. The first-order chi connectivity index (χ1) is 11.1. The third-order valence-electron chi connectivity index (χ3n) is 4.30. The third-order valence-corrected chi connectivity index (χ3v) is 4.30. The molecule has 0 aromatic heterocycles. The Morgan fingerprint density at radius 3 is 2.58 bits per heavy atom. The number of carbonyl (C=O) groups excluding carboxylic acids is 2. The molecule has 0 radical (unpaired) electrons. The van der Waals surface area contributed by atoms with E-state index in [4.69, 9.17) is 10.5 Å². The lowest BCUT2D eigenvalue weighted by molar-refractivity contribution is -0.136. The lowest BCUT2D eigenvalue weighted by Crippen LogP contribution is -2.48. The van der Waals surface area contributed by atoms with E-state index in [9.17, 15) is 9.59 Å². The smallest absolute Gasteiger partial charge is 0.251 e. The summed E-state index contributed by atoms with van der Waals surface area (Å²) >= 11 is 0. The maximum Gasteiger partial charge on any atom is 0.251 e. The molecule has 0 aliphatic carbocycles. The summed E-state index contributed by atoms with van der Waals surface area (Å²) < 4.78 is 5.32. The minimum atomic E-state index is -0.532. The summed E-state index contributed by atoms with van der Waals surface area (Å²) in [4.78, 5) is 24.4. The van der Waals surface area contributed by atoms with Gasteiger partial charge in [0.25, 0.3) is 5.91 Å². The second-order valence-electron chi connectivity index (χ2n) is 5.84. The molecule has 1 aromatic rings. The van der Waals surface area contributed by atoms with Gasteiger partial charge in [-0.05, 0) is 37.5 Å². The summed E-state index contributed by atoms with van der Waals surface area (Å²) in [5.74, 6) is -0.143. The second kappa shape index (κ2) is 9.61. The van der Waals surface area contributed by atoms with Crippen molar-refractivity contribution in [2.75, 3.05) is 26.3 Å². The highest BCUT2D eigenvalue weighted by Gasteiger charge is 2.38. The fraction of sp³-hybridized carbons (Fsp3) is 0.529. The maximum atomic E-state index is 12.5. The van der Waals surface area contributed by atoms with Gasteiger partial charge in [0, 0.05) is 38.4 Å². The van der Waals surface area contributed by atoms with Crippen molar-refractivity contribution in [3.8, 4) is 0 Å². The fourth-order valence-electron chi connectivity index (χ4n) is 2.74. The summed E-state index contributed by atoms with van der Waals surface area (Å²) in [6.45, 7) is 4.30. The number of amides is 2. The average molecular weight is 356 g/mol. The van der Waals surface area contributed by atoms with Crippen LogP contribution >= 0.6 is 12.4 Å². The van der Waals surface area contributed by atoms with E-state index in [0.29, 0.717) is 51.3 Å². The van der Waals surface area contributed by atoms with Crippen molar-refractivity contribution in [1.29, 1.82) is 0 Å². The van der Waals surface area contributed by atoms with Crippen molar-refractivity contribution in [1.82, 2.24) is 10.6 Å². The van der Waals surface area contributed by atoms with Gasteiger partial charge in [-0.1, -0.05) is 12.1 Å². The van der Waals surface area contributed by atoms with Crippen LogP contribution in [0.1, 0.15) is 35.7 Å². The number of nitrogens with one attached hydrogen (secondary N) is 2. The van der Waals surface area contributed by atoms with Crippen LogP contribution < -0.4 is 16.4 Å². The molecule has 24 heavy (non-hydrogen) atoms. The average Bonchev–Trinajstić information content (AvgIpc) is 2.60. The van der Waals surface area contributed by atoms with E-state index < -0.39 is 5.41 Å². The lowest BCUT2D eigenvalue weighted by Gasteiger charge is -2.34. The van der Waals surface area contributed by atoms with Crippen LogP contribution in [-0.4, -0.2) is 38.1 Å². The Labute approximate surface area is 148 Å². The van der Waals surface area contributed by atoms with E-state index in [0.717, 1.165) is 5.56 Å². The highest BCUT2D eigenvalue weighted by Crippen LogP contribution is 2.29. The molecule has 1 heterocycles. The Balaban J connectivity index is 0.00000288. The highest BCUT2D eigenvalue weighted by atomic mass is 35.5. The van der Waals surface area contributed by atoms with Gasteiger partial charge in [0.2, 0.25) is 5.91 Å².